The average Bonchev–Trinajstić information content (AvgIpc) is 3.95. The van der Waals surface area contributed by atoms with E-state index in [0.717, 1.165) is 88.7 Å². The van der Waals surface area contributed by atoms with Crippen molar-refractivity contribution in [2.24, 2.45) is 0 Å². The second-order valence-electron chi connectivity index (χ2n) is 13.5. The number of nitrogens with zero attached hydrogens (tertiary/aromatic N) is 2. The molecule has 11 aromatic rings. The molecule has 0 aliphatic rings. The van der Waals surface area contributed by atoms with Gasteiger partial charge in [0.05, 0.1) is 0 Å². The van der Waals surface area contributed by atoms with Crippen LogP contribution in [-0.2, 0) is 0 Å². The SMILES string of the molecule is c1ccc(-c2ccc(N(c3ccc(-c4cccc5nc(-c6cccc7oc8ccccc8c67)oc45)cc3)c3ccc4c(c3)oc3ccccc34)cc2)cc1. The lowest BCUT2D eigenvalue weighted by atomic mass is 10.0. The second-order valence-corrected chi connectivity index (χ2v) is 13.5. The maximum atomic E-state index is 6.62. The summed E-state index contributed by atoms with van der Waals surface area (Å²) in [6.45, 7) is 0. The number of oxazole rings is 1. The zero-order valence-electron chi connectivity index (χ0n) is 28.9. The molecule has 0 aliphatic heterocycles. The molecular formula is C49H30N2O3. The summed E-state index contributed by atoms with van der Waals surface area (Å²) in [6, 6.07) is 62.7. The lowest BCUT2D eigenvalue weighted by Gasteiger charge is -2.26. The minimum Gasteiger partial charge on any atom is -0.456 e. The number of para-hydroxylation sites is 3. The Morgan fingerprint density at radius 1 is 0.370 bits per heavy atom. The Morgan fingerprint density at radius 2 is 0.944 bits per heavy atom. The van der Waals surface area contributed by atoms with Crippen LogP contribution in [0.1, 0.15) is 0 Å². The number of hydrogen-bond donors (Lipinski definition) is 0. The molecule has 5 heteroatoms. The predicted octanol–water partition coefficient (Wildman–Crippen LogP) is 14.1. The largest absolute Gasteiger partial charge is 0.456 e. The zero-order valence-corrected chi connectivity index (χ0v) is 28.9. The molecule has 0 unspecified atom stereocenters. The lowest BCUT2D eigenvalue weighted by molar-refractivity contribution is 0.621. The maximum Gasteiger partial charge on any atom is 0.228 e. The molecule has 54 heavy (non-hydrogen) atoms. The predicted molar refractivity (Wildman–Crippen MR) is 220 cm³/mol. The highest BCUT2D eigenvalue weighted by Crippen LogP contribution is 2.42. The summed E-state index contributed by atoms with van der Waals surface area (Å²) in [6.07, 6.45) is 0. The third-order valence-electron chi connectivity index (χ3n) is 10.3. The Balaban J connectivity index is 1.00. The third kappa shape index (κ3) is 4.90. The Bertz CT molecular complexity index is 3150. The van der Waals surface area contributed by atoms with Crippen molar-refractivity contribution < 1.29 is 13.3 Å². The topological polar surface area (TPSA) is 55.6 Å². The first-order valence-corrected chi connectivity index (χ1v) is 18.0. The Kier molecular flexibility index (Phi) is 6.79. The van der Waals surface area contributed by atoms with Crippen LogP contribution in [0, 0.1) is 0 Å². The van der Waals surface area contributed by atoms with Gasteiger partial charge in [-0.05, 0) is 83.4 Å². The summed E-state index contributed by atoms with van der Waals surface area (Å²) in [5.41, 5.74) is 13.3. The van der Waals surface area contributed by atoms with E-state index in [-0.39, 0.29) is 0 Å². The highest BCUT2D eigenvalue weighted by Gasteiger charge is 2.20. The molecule has 254 valence electrons. The summed E-state index contributed by atoms with van der Waals surface area (Å²) < 4.78 is 19.1. The molecule has 0 fully saturated rings. The summed E-state index contributed by atoms with van der Waals surface area (Å²) >= 11 is 0. The van der Waals surface area contributed by atoms with Crippen LogP contribution in [0.3, 0.4) is 0 Å². The van der Waals surface area contributed by atoms with Crippen LogP contribution in [-0.4, -0.2) is 4.98 Å². The van der Waals surface area contributed by atoms with Crippen molar-refractivity contribution >= 4 is 72.0 Å². The first-order chi connectivity index (χ1) is 26.7. The van der Waals surface area contributed by atoms with Gasteiger partial charge in [0.2, 0.25) is 5.89 Å². The first-order valence-electron chi connectivity index (χ1n) is 18.0. The minimum absolute atomic E-state index is 0.567. The number of fused-ring (bicyclic) bond motifs is 7. The molecule has 3 aromatic heterocycles. The molecule has 5 nitrogen and oxygen atoms in total. The van der Waals surface area contributed by atoms with Gasteiger partial charge in [-0.3, -0.25) is 0 Å². The van der Waals surface area contributed by atoms with Crippen molar-refractivity contribution in [1.29, 1.82) is 0 Å². The van der Waals surface area contributed by atoms with Gasteiger partial charge in [-0.2, -0.15) is 0 Å². The average molecular weight is 695 g/mol. The number of benzene rings is 8. The van der Waals surface area contributed by atoms with Crippen LogP contribution >= 0.6 is 0 Å². The van der Waals surface area contributed by atoms with Crippen molar-refractivity contribution in [3.63, 3.8) is 0 Å². The van der Waals surface area contributed by atoms with Gasteiger partial charge in [-0.1, -0.05) is 109 Å². The fourth-order valence-electron chi connectivity index (χ4n) is 7.77. The van der Waals surface area contributed by atoms with Crippen LogP contribution < -0.4 is 4.90 Å². The molecule has 0 radical (unpaired) electrons. The Labute approximate surface area is 309 Å². The van der Waals surface area contributed by atoms with E-state index in [4.69, 9.17) is 18.2 Å². The van der Waals surface area contributed by atoms with Gasteiger partial charge in [-0.15, -0.1) is 0 Å². The number of hydrogen-bond acceptors (Lipinski definition) is 5. The molecular weight excluding hydrogens is 665 g/mol. The summed E-state index contributed by atoms with van der Waals surface area (Å²) in [7, 11) is 0. The highest BCUT2D eigenvalue weighted by atomic mass is 16.4. The van der Waals surface area contributed by atoms with E-state index in [1.807, 2.05) is 66.7 Å². The molecule has 0 amide bonds. The number of aromatic nitrogens is 1. The van der Waals surface area contributed by atoms with Gasteiger partial charge < -0.3 is 18.2 Å². The third-order valence-corrected chi connectivity index (χ3v) is 10.3. The molecule has 0 saturated heterocycles. The summed E-state index contributed by atoms with van der Waals surface area (Å²) in [4.78, 5) is 7.25. The van der Waals surface area contributed by atoms with Crippen molar-refractivity contribution in [1.82, 2.24) is 4.98 Å². The van der Waals surface area contributed by atoms with Crippen molar-refractivity contribution in [2.45, 2.75) is 0 Å². The number of furan rings is 2. The van der Waals surface area contributed by atoms with Gasteiger partial charge in [0, 0.05) is 55.8 Å². The van der Waals surface area contributed by atoms with Crippen LogP contribution in [0.2, 0.25) is 0 Å². The normalized spacial score (nSPS) is 11.7. The van der Waals surface area contributed by atoms with Crippen LogP contribution in [0.5, 0.6) is 0 Å². The number of anilines is 3. The molecule has 0 atom stereocenters. The van der Waals surface area contributed by atoms with Gasteiger partial charge in [-0.25, -0.2) is 4.98 Å². The monoisotopic (exact) mass is 694 g/mol. The Morgan fingerprint density at radius 3 is 1.74 bits per heavy atom. The maximum absolute atomic E-state index is 6.62. The van der Waals surface area contributed by atoms with Crippen LogP contribution in [0.15, 0.2) is 195 Å². The van der Waals surface area contributed by atoms with Crippen molar-refractivity contribution in [2.75, 3.05) is 4.90 Å². The van der Waals surface area contributed by atoms with Gasteiger partial charge in [0.1, 0.15) is 27.8 Å². The van der Waals surface area contributed by atoms with E-state index < -0.39 is 0 Å². The van der Waals surface area contributed by atoms with E-state index in [1.54, 1.807) is 0 Å². The van der Waals surface area contributed by atoms with E-state index in [9.17, 15) is 0 Å². The van der Waals surface area contributed by atoms with E-state index >= 15 is 0 Å². The molecule has 8 aromatic carbocycles. The molecule has 0 N–H and O–H groups in total. The van der Waals surface area contributed by atoms with E-state index in [2.05, 4.69) is 120 Å². The number of rotatable bonds is 6. The molecule has 0 spiro atoms. The summed E-state index contributed by atoms with van der Waals surface area (Å²) in [5.74, 6) is 0.567. The Hall–Kier alpha value is -7.37. The van der Waals surface area contributed by atoms with Crippen LogP contribution in [0.25, 0.3) is 88.7 Å². The fraction of sp³-hybridized carbons (Fsp3) is 0. The quantitative estimate of drug-likeness (QED) is 0.173. The molecule has 11 rings (SSSR count). The fourth-order valence-corrected chi connectivity index (χ4v) is 7.77. The summed E-state index contributed by atoms with van der Waals surface area (Å²) in [5, 5.41) is 4.26. The standard InChI is InChI=1S/C49H30N2O3/c1-2-10-31(11-3-1)32-20-24-34(25-21-32)51(36-28-29-39-38-12-4-6-17-43(38)53-46(39)30-36)35-26-22-33(23-27-35)37-14-8-16-42-48(37)54-49(50-42)41-15-9-19-45-47(41)40-13-5-7-18-44(40)52-45/h1-30H. The van der Waals surface area contributed by atoms with Crippen molar-refractivity contribution in [3.05, 3.63) is 182 Å². The van der Waals surface area contributed by atoms with Gasteiger partial charge >= 0.3 is 0 Å². The van der Waals surface area contributed by atoms with Crippen molar-refractivity contribution in [3.8, 4) is 33.7 Å². The first kappa shape index (κ1) is 30.3. The van der Waals surface area contributed by atoms with E-state index in [1.165, 1.54) is 11.1 Å². The molecule has 0 bridgehead atoms. The van der Waals surface area contributed by atoms with Gasteiger partial charge in [0.25, 0.3) is 0 Å². The lowest BCUT2D eigenvalue weighted by Crippen LogP contribution is -2.09. The van der Waals surface area contributed by atoms with Crippen LogP contribution in [0.4, 0.5) is 17.1 Å². The minimum atomic E-state index is 0.567. The highest BCUT2D eigenvalue weighted by molar-refractivity contribution is 6.12. The molecule has 0 aliphatic carbocycles. The molecule has 0 saturated carbocycles. The van der Waals surface area contributed by atoms with Gasteiger partial charge in [0.15, 0.2) is 5.58 Å². The van der Waals surface area contributed by atoms with E-state index in [0.29, 0.717) is 5.89 Å². The zero-order chi connectivity index (χ0) is 35.6. The smallest absolute Gasteiger partial charge is 0.228 e. The molecule has 3 heterocycles. The second kappa shape index (κ2) is 12.1.